The number of aliphatic hydroxyl groups is 1. The first kappa shape index (κ1) is 11.0. The summed E-state index contributed by atoms with van der Waals surface area (Å²) in [5.74, 6) is 0.614. The molecule has 2 aromatic rings. The molecule has 2 heterocycles. The number of aromatic nitrogens is 4. The SMILES string of the molecule is Nc1nc(N)c2ncn(C3C=CC(CO)C3)c2n1. The van der Waals surface area contributed by atoms with Gasteiger partial charge in [0.1, 0.15) is 5.52 Å². The molecule has 0 aliphatic heterocycles. The molecule has 0 fully saturated rings. The Balaban J connectivity index is 2.06. The highest BCUT2D eigenvalue weighted by molar-refractivity contribution is 5.82. The van der Waals surface area contributed by atoms with E-state index in [1.807, 2.05) is 16.7 Å². The molecule has 2 aromatic heterocycles. The average molecular weight is 246 g/mol. The van der Waals surface area contributed by atoms with Gasteiger partial charge in [0.2, 0.25) is 5.95 Å². The van der Waals surface area contributed by atoms with Gasteiger partial charge in [-0.3, -0.25) is 0 Å². The summed E-state index contributed by atoms with van der Waals surface area (Å²) < 4.78 is 1.91. The van der Waals surface area contributed by atoms with Crippen LogP contribution >= 0.6 is 0 Å². The van der Waals surface area contributed by atoms with Gasteiger partial charge in [-0.1, -0.05) is 12.2 Å². The van der Waals surface area contributed by atoms with E-state index >= 15 is 0 Å². The fraction of sp³-hybridized carbons (Fsp3) is 0.364. The van der Waals surface area contributed by atoms with Crippen LogP contribution in [-0.2, 0) is 0 Å². The molecule has 0 radical (unpaired) electrons. The lowest BCUT2D eigenvalue weighted by atomic mass is 10.1. The molecule has 18 heavy (non-hydrogen) atoms. The van der Waals surface area contributed by atoms with Gasteiger partial charge in [-0.2, -0.15) is 9.97 Å². The number of allylic oxidation sites excluding steroid dienone is 1. The highest BCUT2D eigenvalue weighted by Gasteiger charge is 2.22. The van der Waals surface area contributed by atoms with E-state index in [-0.39, 0.29) is 30.3 Å². The molecule has 94 valence electrons. The molecule has 0 saturated carbocycles. The van der Waals surface area contributed by atoms with Crippen molar-refractivity contribution in [3.05, 3.63) is 18.5 Å². The third kappa shape index (κ3) is 1.60. The van der Waals surface area contributed by atoms with Crippen LogP contribution < -0.4 is 11.5 Å². The second-order valence-electron chi connectivity index (χ2n) is 4.42. The zero-order valence-corrected chi connectivity index (χ0v) is 9.69. The maximum Gasteiger partial charge on any atom is 0.224 e. The van der Waals surface area contributed by atoms with Crippen LogP contribution in [0, 0.1) is 5.92 Å². The van der Waals surface area contributed by atoms with Gasteiger partial charge in [-0.25, -0.2) is 4.98 Å². The van der Waals surface area contributed by atoms with Crippen molar-refractivity contribution >= 4 is 22.9 Å². The zero-order chi connectivity index (χ0) is 12.7. The van der Waals surface area contributed by atoms with Crippen molar-refractivity contribution in [2.75, 3.05) is 18.1 Å². The fourth-order valence-corrected chi connectivity index (χ4v) is 2.29. The van der Waals surface area contributed by atoms with Crippen LogP contribution in [-0.4, -0.2) is 31.2 Å². The number of fused-ring (bicyclic) bond motifs is 1. The predicted octanol–water partition coefficient (Wildman–Crippen LogP) is 0.100. The van der Waals surface area contributed by atoms with Crippen LogP contribution in [0.2, 0.25) is 0 Å². The number of nitrogen functional groups attached to an aromatic ring is 2. The summed E-state index contributed by atoms with van der Waals surface area (Å²) in [5, 5.41) is 9.14. The number of nitrogens with zero attached hydrogens (tertiary/aromatic N) is 4. The highest BCUT2D eigenvalue weighted by Crippen LogP contribution is 2.30. The molecule has 7 heteroatoms. The third-order valence-corrected chi connectivity index (χ3v) is 3.21. The summed E-state index contributed by atoms with van der Waals surface area (Å²) in [7, 11) is 0. The van der Waals surface area contributed by atoms with E-state index in [2.05, 4.69) is 15.0 Å². The molecule has 0 aromatic carbocycles. The Morgan fingerprint density at radius 1 is 1.33 bits per heavy atom. The van der Waals surface area contributed by atoms with Gasteiger partial charge in [0.25, 0.3) is 0 Å². The molecule has 3 rings (SSSR count). The van der Waals surface area contributed by atoms with Gasteiger partial charge in [0, 0.05) is 12.5 Å². The molecule has 1 aliphatic carbocycles. The predicted molar refractivity (Wildman–Crippen MR) is 67.5 cm³/mol. The Hall–Kier alpha value is -2.15. The molecule has 7 nitrogen and oxygen atoms in total. The third-order valence-electron chi connectivity index (χ3n) is 3.21. The zero-order valence-electron chi connectivity index (χ0n) is 9.69. The van der Waals surface area contributed by atoms with Crippen molar-refractivity contribution in [3.8, 4) is 0 Å². The lowest BCUT2D eigenvalue weighted by molar-refractivity contribution is 0.244. The number of hydrogen-bond acceptors (Lipinski definition) is 6. The smallest absolute Gasteiger partial charge is 0.224 e. The van der Waals surface area contributed by atoms with E-state index in [0.717, 1.165) is 6.42 Å². The quantitative estimate of drug-likeness (QED) is 0.647. The lowest BCUT2D eigenvalue weighted by Gasteiger charge is -2.12. The standard InChI is InChI=1S/C11H14N6O/c12-9-8-10(16-11(13)15-9)17(5-14-8)7-2-1-6(3-7)4-18/h1-2,5-7,18H,3-4H2,(H4,12,13,15,16). The normalized spacial score (nSPS) is 22.9. The van der Waals surface area contributed by atoms with Crippen LogP contribution in [0.25, 0.3) is 11.2 Å². The number of anilines is 2. The minimum absolute atomic E-state index is 0.126. The van der Waals surface area contributed by atoms with E-state index in [9.17, 15) is 0 Å². The number of imidazole rings is 1. The monoisotopic (exact) mass is 246 g/mol. The first-order valence-electron chi connectivity index (χ1n) is 5.73. The van der Waals surface area contributed by atoms with E-state index in [1.165, 1.54) is 0 Å². The molecule has 2 atom stereocenters. The summed E-state index contributed by atoms with van der Waals surface area (Å²) in [6.07, 6.45) is 6.55. The summed E-state index contributed by atoms with van der Waals surface area (Å²) in [6, 6.07) is 0.126. The average Bonchev–Trinajstić information content (AvgIpc) is 2.93. The Kier molecular flexibility index (Phi) is 2.41. The van der Waals surface area contributed by atoms with Crippen molar-refractivity contribution in [2.45, 2.75) is 12.5 Å². The van der Waals surface area contributed by atoms with Gasteiger partial charge in [-0.15, -0.1) is 0 Å². The Morgan fingerprint density at radius 3 is 2.89 bits per heavy atom. The van der Waals surface area contributed by atoms with Gasteiger partial charge in [-0.05, 0) is 6.42 Å². The number of hydrogen-bond donors (Lipinski definition) is 3. The van der Waals surface area contributed by atoms with E-state index < -0.39 is 0 Å². The second-order valence-corrected chi connectivity index (χ2v) is 4.42. The molecular formula is C11H14N6O. The summed E-state index contributed by atoms with van der Waals surface area (Å²) in [4.78, 5) is 12.3. The van der Waals surface area contributed by atoms with E-state index in [0.29, 0.717) is 11.2 Å². The second kappa shape index (κ2) is 3.95. The molecule has 1 aliphatic rings. The molecule has 2 unspecified atom stereocenters. The van der Waals surface area contributed by atoms with E-state index in [1.54, 1.807) is 6.33 Å². The molecule has 0 spiro atoms. The number of nitrogens with two attached hydrogens (primary N) is 2. The largest absolute Gasteiger partial charge is 0.396 e. The molecular weight excluding hydrogens is 232 g/mol. The first-order chi connectivity index (χ1) is 8.69. The Bertz CT molecular complexity index is 619. The fourth-order valence-electron chi connectivity index (χ4n) is 2.29. The molecule has 0 saturated heterocycles. The highest BCUT2D eigenvalue weighted by atomic mass is 16.3. The number of rotatable bonds is 2. The van der Waals surface area contributed by atoms with Crippen LogP contribution in [0.15, 0.2) is 18.5 Å². The molecule has 0 amide bonds. The summed E-state index contributed by atoms with van der Waals surface area (Å²) in [5.41, 5.74) is 12.6. The van der Waals surface area contributed by atoms with Crippen LogP contribution in [0.5, 0.6) is 0 Å². The van der Waals surface area contributed by atoms with Crippen molar-refractivity contribution in [3.63, 3.8) is 0 Å². The summed E-state index contributed by atoms with van der Waals surface area (Å²) in [6.45, 7) is 0.152. The van der Waals surface area contributed by atoms with Gasteiger partial charge < -0.3 is 21.1 Å². The Morgan fingerprint density at radius 2 is 2.17 bits per heavy atom. The Labute approximate surface area is 103 Å². The van der Waals surface area contributed by atoms with Crippen molar-refractivity contribution < 1.29 is 5.11 Å². The van der Waals surface area contributed by atoms with Crippen molar-refractivity contribution in [1.29, 1.82) is 0 Å². The van der Waals surface area contributed by atoms with Gasteiger partial charge >= 0.3 is 0 Å². The van der Waals surface area contributed by atoms with Crippen molar-refractivity contribution in [2.24, 2.45) is 5.92 Å². The van der Waals surface area contributed by atoms with Crippen LogP contribution in [0.4, 0.5) is 11.8 Å². The maximum absolute atomic E-state index is 9.14. The maximum atomic E-state index is 9.14. The van der Waals surface area contributed by atoms with Crippen LogP contribution in [0.1, 0.15) is 12.5 Å². The van der Waals surface area contributed by atoms with Gasteiger partial charge in [0.05, 0.1) is 12.4 Å². The molecule has 5 N–H and O–H groups in total. The van der Waals surface area contributed by atoms with Crippen molar-refractivity contribution in [1.82, 2.24) is 19.5 Å². The minimum atomic E-state index is 0.126. The lowest BCUT2D eigenvalue weighted by Crippen LogP contribution is -2.09. The van der Waals surface area contributed by atoms with Crippen LogP contribution in [0.3, 0.4) is 0 Å². The van der Waals surface area contributed by atoms with Gasteiger partial charge in [0.15, 0.2) is 11.5 Å². The number of aliphatic hydroxyl groups excluding tert-OH is 1. The first-order valence-corrected chi connectivity index (χ1v) is 5.73. The topological polar surface area (TPSA) is 116 Å². The summed E-state index contributed by atoms with van der Waals surface area (Å²) >= 11 is 0. The minimum Gasteiger partial charge on any atom is -0.396 e. The van der Waals surface area contributed by atoms with E-state index in [4.69, 9.17) is 16.6 Å². The molecule has 0 bridgehead atoms.